The Morgan fingerprint density at radius 3 is 2.57 bits per heavy atom. The lowest BCUT2D eigenvalue weighted by atomic mass is 10.2. The highest BCUT2D eigenvalue weighted by molar-refractivity contribution is 9.10. The van der Waals surface area contributed by atoms with Gasteiger partial charge >= 0.3 is 6.18 Å². The second kappa shape index (κ2) is 6.87. The van der Waals surface area contributed by atoms with Crippen molar-refractivity contribution in [3.05, 3.63) is 22.2 Å². The number of ether oxygens (including phenoxy) is 2. The van der Waals surface area contributed by atoms with Gasteiger partial charge in [-0.3, -0.25) is 0 Å². The maximum atomic E-state index is 12.3. The minimum absolute atomic E-state index is 0.0874. The fourth-order valence-corrected chi connectivity index (χ4v) is 2.43. The van der Waals surface area contributed by atoms with Gasteiger partial charge in [0.15, 0.2) is 18.1 Å². The highest BCUT2D eigenvalue weighted by atomic mass is 79.9. The van der Waals surface area contributed by atoms with Crippen molar-refractivity contribution in [2.75, 3.05) is 13.2 Å². The average Bonchev–Trinajstić information content (AvgIpc) is 3.18. The predicted octanol–water partition coefficient (Wildman–Crippen LogP) is 4.04. The van der Waals surface area contributed by atoms with Crippen molar-refractivity contribution in [1.29, 1.82) is 0 Å². The van der Waals surface area contributed by atoms with Gasteiger partial charge in [0, 0.05) is 12.6 Å². The van der Waals surface area contributed by atoms with Crippen LogP contribution in [0.5, 0.6) is 11.5 Å². The van der Waals surface area contributed by atoms with Crippen molar-refractivity contribution in [2.45, 2.75) is 38.5 Å². The molecule has 1 aliphatic carbocycles. The van der Waals surface area contributed by atoms with Crippen LogP contribution in [0.25, 0.3) is 0 Å². The van der Waals surface area contributed by atoms with Gasteiger partial charge in [-0.05, 0) is 53.4 Å². The molecule has 0 unspecified atom stereocenters. The molecule has 1 aromatic rings. The van der Waals surface area contributed by atoms with E-state index < -0.39 is 12.8 Å². The highest BCUT2D eigenvalue weighted by Crippen LogP contribution is 2.38. The minimum Gasteiger partial charge on any atom is -0.490 e. The van der Waals surface area contributed by atoms with E-state index in [9.17, 15) is 13.2 Å². The fraction of sp³-hybridized carbons (Fsp3) is 0.571. The molecule has 21 heavy (non-hydrogen) atoms. The van der Waals surface area contributed by atoms with Gasteiger partial charge in [-0.2, -0.15) is 13.2 Å². The lowest BCUT2D eigenvalue weighted by Gasteiger charge is -2.16. The third-order valence-corrected chi connectivity index (χ3v) is 3.51. The Kier molecular flexibility index (Phi) is 5.37. The second-order valence-corrected chi connectivity index (χ2v) is 5.75. The summed E-state index contributed by atoms with van der Waals surface area (Å²) in [5, 5.41) is 3.35. The van der Waals surface area contributed by atoms with E-state index in [0.717, 1.165) is 5.56 Å². The summed E-state index contributed by atoms with van der Waals surface area (Å²) in [7, 11) is 0. The normalized spacial score (nSPS) is 15.1. The number of halogens is 4. The first kappa shape index (κ1) is 16.4. The standard InChI is InChI=1S/C14H17BrF3NO2/c1-2-20-12-6-9(7-19-10-3-4-10)5-11(15)13(12)21-8-14(16,17)18/h5-6,10,19H,2-4,7-8H2,1H3. The summed E-state index contributed by atoms with van der Waals surface area (Å²) < 4.78 is 47.6. The fourth-order valence-electron chi connectivity index (χ4n) is 1.83. The number of hydrogen-bond donors (Lipinski definition) is 1. The van der Waals surface area contributed by atoms with Crippen LogP contribution in [0.1, 0.15) is 25.3 Å². The van der Waals surface area contributed by atoms with Crippen molar-refractivity contribution in [3.8, 4) is 11.5 Å². The van der Waals surface area contributed by atoms with E-state index in [0.29, 0.717) is 29.4 Å². The van der Waals surface area contributed by atoms with E-state index in [2.05, 4.69) is 21.2 Å². The van der Waals surface area contributed by atoms with Gasteiger partial charge in [-0.15, -0.1) is 0 Å². The first-order chi connectivity index (χ1) is 9.89. The number of rotatable bonds is 7. The van der Waals surface area contributed by atoms with Crippen molar-refractivity contribution >= 4 is 15.9 Å². The van der Waals surface area contributed by atoms with E-state index >= 15 is 0 Å². The Hall–Kier alpha value is -0.950. The van der Waals surface area contributed by atoms with Crippen LogP contribution in [-0.4, -0.2) is 25.4 Å². The van der Waals surface area contributed by atoms with E-state index in [-0.39, 0.29) is 5.75 Å². The Morgan fingerprint density at radius 2 is 2.00 bits per heavy atom. The summed E-state index contributed by atoms with van der Waals surface area (Å²) in [5.41, 5.74) is 0.941. The van der Waals surface area contributed by atoms with E-state index in [4.69, 9.17) is 9.47 Å². The molecule has 0 spiro atoms. The van der Waals surface area contributed by atoms with Gasteiger partial charge in [-0.1, -0.05) is 0 Å². The van der Waals surface area contributed by atoms with Crippen LogP contribution in [0.4, 0.5) is 13.2 Å². The van der Waals surface area contributed by atoms with Crippen LogP contribution in [-0.2, 0) is 6.54 Å². The molecular formula is C14H17BrF3NO2. The van der Waals surface area contributed by atoms with Crippen molar-refractivity contribution in [2.24, 2.45) is 0 Å². The molecule has 7 heteroatoms. The molecule has 0 amide bonds. The van der Waals surface area contributed by atoms with Gasteiger partial charge in [0.25, 0.3) is 0 Å². The van der Waals surface area contributed by atoms with Gasteiger partial charge in [0.05, 0.1) is 11.1 Å². The summed E-state index contributed by atoms with van der Waals surface area (Å²) >= 11 is 3.26. The number of alkyl halides is 3. The van der Waals surface area contributed by atoms with Crippen LogP contribution in [0.3, 0.4) is 0 Å². The summed E-state index contributed by atoms with van der Waals surface area (Å²) in [5.74, 6) is 0.410. The summed E-state index contributed by atoms with van der Waals surface area (Å²) in [4.78, 5) is 0. The SMILES string of the molecule is CCOc1cc(CNC2CC2)cc(Br)c1OCC(F)(F)F. The molecule has 3 nitrogen and oxygen atoms in total. The first-order valence-corrected chi connectivity index (χ1v) is 7.56. The number of nitrogens with one attached hydrogen (secondary N) is 1. The van der Waals surface area contributed by atoms with Crippen molar-refractivity contribution in [3.63, 3.8) is 0 Å². The monoisotopic (exact) mass is 367 g/mol. The quantitative estimate of drug-likeness (QED) is 0.788. The molecule has 0 aliphatic heterocycles. The topological polar surface area (TPSA) is 30.5 Å². The average molecular weight is 368 g/mol. The molecule has 1 fully saturated rings. The molecule has 0 heterocycles. The maximum absolute atomic E-state index is 12.3. The maximum Gasteiger partial charge on any atom is 0.422 e. The zero-order valence-electron chi connectivity index (χ0n) is 11.6. The molecule has 2 rings (SSSR count). The Labute approximate surface area is 129 Å². The van der Waals surface area contributed by atoms with E-state index in [1.54, 1.807) is 19.1 Å². The second-order valence-electron chi connectivity index (χ2n) is 4.90. The molecule has 1 aliphatic rings. The predicted molar refractivity (Wildman–Crippen MR) is 76.7 cm³/mol. The number of benzene rings is 1. The number of hydrogen-bond acceptors (Lipinski definition) is 3. The van der Waals surface area contributed by atoms with Gasteiger partial charge in [0.1, 0.15) is 0 Å². The molecule has 0 bridgehead atoms. The van der Waals surface area contributed by atoms with Crippen molar-refractivity contribution in [1.82, 2.24) is 5.32 Å². The summed E-state index contributed by atoms with van der Waals surface area (Å²) in [6, 6.07) is 4.03. The van der Waals surface area contributed by atoms with Gasteiger partial charge < -0.3 is 14.8 Å². The van der Waals surface area contributed by atoms with Crippen LogP contribution >= 0.6 is 15.9 Å². The highest BCUT2D eigenvalue weighted by Gasteiger charge is 2.29. The zero-order chi connectivity index (χ0) is 15.5. The van der Waals surface area contributed by atoms with Crippen LogP contribution < -0.4 is 14.8 Å². The van der Waals surface area contributed by atoms with Gasteiger partial charge in [-0.25, -0.2) is 0 Å². The van der Waals surface area contributed by atoms with Crippen LogP contribution in [0.2, 0.25) is 0 Å². The summed E-state index contributed by atoms with van der Waals surface area (Å²) in [6.07, 6.45) is -2.03. The molecule has 0 aromatic heterocycles. The molecule has 1 aromatic carbocycles. The molecule has 1 saturated carbocycles. The van der Waals surface area contributed by atoms with Crippen LogP contribution in [0.15, 0.2) is 16.6 Å². The Bertz CT molecular complexity index is 490. The third kappa shape index (κ3) is 5.39. The zero-order valence-corrected chi connectivity index (χ0v) is 13.2. The smallest absolute Gasteiger partial charge is 0.422 e. The molecule has 0 atom stereocenters. The van der Waals surface area contributed by atoms with Gasteiger partial charge in [0.2, 0.25) is 0 Å². The van der Waals surface area contributed by atoms with Crippen molar-refractivity contribution < 1.29 is 22.6 Å². The lowest BCUT2D eigenvalue weighted by Crippen LogP contribution is -2.20. The Morgan fingerprint density at radius 1 is 1.29 bits per heavy atom. The first-order valence-electron chi connectivity index (χ1n) is 6.77. The molecule has 0 radical (unpaired) electrons. The molecule has 118 valence electrons. The summed E-state index contributed by atoms with van der Waals surface area (Å²) in [6.45, 7) is 1.44. The lowest BCUT2D eigenvalue weighted by molar-refractivity contribution is -0.153. The third-order valence-electron chi connectivity index (χ3n) is 2.92. The molecule has 1 N–H and O–H groups in total. The largest absolute Gasteiger partial charge is 0.490 e. The molecular weight excluding hydrogens is 351 g/mol. The van der Waals surface area contributed by atoms with E-state index in [1.807, 2.05) is 0 Å². The minimum atomic E-state index is -4.38. The Balaban J connectivity index is 2.12. The van der Waals surface area contributed by atoms with E-state index in [1.165, 1.54) is 12.8 Å². The van der Waals surface area contributed by atoms with Crippen LogP contribution in [0, 0.1) is 0 Å². The molecule has 0 saturated heterocycles.